The van der Waals surface area contributed by atoms with Crippen LogP contribution in [0, 0.1) is 0 Å². The van der Waals surface area contributed by atoms with Crippen LogP contribution in [0.3, 0.4) is 0 Å². The van der Waals surface area contributed by atoms with E-state index in [2.05, 4.69) is 4.90 Å². The van der Waals surface area contributed by atoms with Gasteiger partial charge in [-0.3, -0.25) is 4.79 Å². The summed E-state index contributed by atoms with van der Waals surface area (Å²) in [5.41, 5.74) is 0.988. The molecule has 1 fully saturated rings. The Morgan fingerprint density at radius 3 is 2.36 bits per heavy atom. The number of carbonyl (C=O) groups excluding carboxylic acids is 2. The Hall–Kier alpha value is -3.02. The van der Waals surface area contributed by atoms with Crippen molar-refractivity contribution in [3.05, 3.63) is 60.2 Å². The van der Waals surface area contributed by atoms with Crippen LogP contribution in [0.15, 0.2) is 54.6 Å². The largest absolute Gasteiger partial charge is 0.545 e. The first-order valence-corrected chi connectivity index (χ1v) is 8.15. The van der Waals surface area contributed by atoms with Crippen LogP contribution in [0.5, 0.6) is 5.75 Å². The van der Waals surface area contributed by atoms with E-state index in [1.165, 1.54) is 6.07 Å². The van der Waals surface area contributed by atoms with Crippen LogP contribution in [0.2, 0.25) is 0 Å². The number of hydrogen-bond acceptors (Lipinski definition) is 5. The molecule has 6 heteroatoms. The number of nitrogens with zero attached hydrogens (tertiary/aromatic N) is 2. The molecular formula is C19H19N2O4-. The van der Waals surface area contributed by atoms with Gasteiger partial charge in [0.1, 0.15) is 5.75 Å². The van der Waals surface area contributed by atoms with E-state index in [9.17, 15) is 14.7 Å². The average molecular weight is 339 g/mol. The van der Waals surface area contributed by atoms with Gasteiger partial charge >= 0.3 is 0 Å². The van der Waals surface area contributed by atoms with Crippen LogP contribution >= 0.6 is 0 Å². The summed E-state index contributed by atoms with van der Waals surface area (Å²) in [7, 11) is 0. The van der Waals surface area contributed by atoms with E-state index >= 15 is 0 Å². The fourth-order valence-electron chi connectivity index (χ4n) is 2.80. The lowest BCUT2D eigenvalue weighted by atomic mass is 10.1. The van der Waals surface area contributed by atoms with Crippen molar-refractivity contribution in [1.29, 1.82) is 0 Å². The molecule has 130 valence electrons. The Bertz CT molecular complexity index is 740. The highest BCUT2D eigenvalue weighted by Gasteiger charge is 2.21. The predicted octanol–water partition coefficient (Wildman–Crippen LogP) is 0.778. The molecule has 0 aliphatic carbocycles. The van der Waals surface area contributed by atoms with Gasteiger partial charge in [0.05, 0.1) is 5.97 Å². The van der Waals surface area contributed by atoms with E-state index in [0.29, 0.717) is 31.9 Å². The lowest BCUT2D eigenvalue weighted by molar-refractivity contribution is -0.255. The molecule has 25 heavy (non-hydrogen) atoms. The van der Waals surface area contributed by atoms with E-state index in [0.717, 1.165) is 5.69 Å². The summed E-state index contributed by atoms with van der Waals surface area (Å²) in [6, 6.07) is 15.9. The third-order valence-electron chi connectivity index (χ3n) is 4.18. The normalized spacial score (nSPS) is 14.2. The fraction of sp³-hybridized carbons (Fsp3) is 0.263. The fourth-order valence-corrected chi connectivity index (χ4v) is 2.80. The molecule has 1 saturated heterocycles. The van der Waals surface area contributed by atoms with Crippen molar-refractivity contribution in [2.75, 3.05) is 37.7 Å². The first-order chi connectivity index (χ1) is 12.1. The van der Waals surface area contributed by atoms with Gasteiger partial charge in [0.2, 0.25) is 0 Å². The van der Waals surface area contributed by atoms with Crippen molar-refractivity contribution in [2.45, 2.75) is 0 Å². The van der Waals surface area contributed by atoms with Crippen LogP contribution in [-0.4, -0.2) is 49.6 Å². The second-order valence-corrected chi connectivity index (χ2v) is 5.81. The molecule has 0 bridgehead atoms. The highest BCUT2D eigenvalue weighted by atomic mass is 16.5. The number of carboxylic acids is 1. The molecule has 2 aromatic carbocycles. The highest BCUT2D eigenvalue weighted by Crippen LogP contribution is 2.18. The van der Waals surface area contributed by atoms with Gasteiger partial charge < -0.3 is 24.4 Å². The molecule has 0 atom stereocenters. The number of piperazine rings is 1. The third-order valence-corrected chi connectivity index (χ3v) is 4.18. The summed E-state index contributed by atoms with van der Waals surface area (Å²) in [6.07, 6.45) is 0. The van der Waals surface area contributed by atoms with Crippen LogP contribution in [0.4, 0.5) is 5.69 Å². The Labute approximate surface area is 146 Å². The molecule has 1 aliphatic rings. The average Bonchev–Trinajstić information content (AvgIpc) is 2.67. The second-order valence-electron chi connectivity index (χ2n) is 5.81. The zero-order valence-corrected chi connectivity index (χ0v) is 13.8. The Balaban J connectivity index is 1.52. The Morgan fingerprint density at radius 1 is 0.960 bits per heavy atom. The number of benzene rings is 2. The first-order valence-electron chi connectivity index (χ1n) is 8.15. The summed E-state index contributed by atoms with van der Waals surface area (Å²) in [6.45, 7) is 2.46. The molecule has 1 heterocycles. The van der Waals surface area contributed by atoms with E-state index in [4.69, 9.17) is 4.74 Å². The van der Waals surface area contributed by atoms with Gasteiger partial charge in [0.15, 0.2) is 6.61 Å². The molecular weight excluding hydrogens is 320 g/mol. The summed E-state index contributed by atoms with van der Waals surface area (Å²) in [4.78, 5) is 27.1. The summed E-state index contributed by atoms with van der Waals surface area (Å²) in [5.74, 6) is -0.561. The smallest absolute Gasteiger partial charge is 0.260 e. The number of ether oxygens (including phenoxy) is 1. The zero-order chi connectivity index (χ0) is 17.6. The van der Waals surface area contributed by atoms with E-state index in [1.54, 1.807) is 17.0 Å². The van der Waals surface area contributed by atoms with Crippen LogP contribution in [0.1, 0.15) is 10.4 Å². The van der Waals surface area contributed by atoms with Gasteiger partial charge in [-0.1, -0.05) is 30.3 Å². The molecule has 0 aromatic heterocycles. The second kappa shape index (κ2) is 7.70. The number of para-hydroxylation sites is 1. The predicted molar refractivity (Wildman–Crippen MR) is 91.5 cm³/mol. The molecule has 0 spiro atoms. The monoisotopic (exact) mass is 339 g/mol. The number of anilines is 1. The summed E-state index contributed by atoms with van der Waals surface area (Å²) in [5, 5.41) is 11.0. The standard InChI is InChI=1S/C19H20N2O4/c22-18(14-25-17-7-2-1-3-8-17)21-11-9-20(10-12-21)16-6-4-5-15(13-16)19(23)24/h1-8,13H,9-12,14H2,(H,23,24)/p-1. The maximum atomic E-state index is 12.3. The Morgan fingerprint density at radius 2 is 1.68 bits per heavy atom. The van der Waals surface area contributed by atoms with E-state index in [-0.39, 0.29) is 18.1 Å². The number of carboxylic acid groups (broad SMARTS) is 1. The number of rotatable bonds is 5. The van der Waals surface area contributed by atoms with Crippen LogP contribution < -0.4 is 14.7 Å². The van der Waals surface area contributed by atoms with Crippen LogP contribution in [0.25, 0.3) is 0 Å². The number of carbonyl (C=O) groups is 2. The number of hydrogen-bond donors (Lipinski definition) is 0. The van der Waals surface area contributed by atoms with Gasteiger partial charge in [-0.2, -0.15) is 0 Å². The molecule has 3 rings (SSSR count). The maximum absolute atomic E-state index is 12.3. The molecule has 0 N–H and O–H groups in total. The van der Waals surface area contributed by atoms with Gasteiger partial charge in [-0.05, 0) is 29.8 Å². The summed E-state index contributed by atoms with van der Waals surface area (Å²) >= 11 is 0. The minimum Gasteiger partial charge on any atom is -0.545 e. The van der Waals surface area contributed by atoms with Crippen molar-refractivity contribution in [3.8, 4) is 5.75 Å². The molecule has 1 aliphatic heterocycles. The molecule has 0 saturated carbocycles. The van der Waals surface area contributed by atoms with Gasteiger partial charge in [-0.15, -0.1) is 0 Å². The van der Waals surface area contributed by atoms with Crippen LogP contribution in [-0.2, 0) is 4.79 Å². The Kier molecular flexibility index (Phi) is 5.18. The SMILES string of the molecule is O=C([O-])c1cccc(N2CCN(C(=O)COc3ccccc3)CC2)c1. The van der Waals surface area contributed by atoms with Gasteiger partial charge in [0.25, 0.3) is 5.91 Å². The lowest BCUT2D eigenvalue weighted by Gasteiger charge is -2.36. The number of amides is 1. The van der Waals surface area contributed by atoms with E-state index < -0.39 is 5.97 Å². The minimum atomic E-state index is -1.19. The first kappa shape index (κ1) is 16.8. The highest BCUT2D eigenvalue weighted by molar-refractivity contribution is 5.87. The maximum Gasteiger partial charge on any atom is 0.260 e. The lowest BCUT2D eigenvalue weighted by Crippen LogP contribution is -2.50. The van der Waals surface area contributed by atoms with Gasteiger partial charge in [-0.25, -0.2) is 0 Å². The zero-order valence-electron chi connectivity index (χ0n) is 13.8. The molecule has 2 aromatic rings. The van der Waals surface area contributed by atoms with E-state index in [1.807, 2.05) is 36.4 Å². The third kappa shape index (κ3) is 4.29. The number of aromatic carboxylic acids is 1. The van der Waals surface area contributed by atoms with Crippen molar-refractivity contribution < 1.29 is 19.4 Å². The topological polar surface area (TPSA) is 72.9 Å². The van der Waals surface area contributed by atoms with Crippen molar-refractivity contribution in [1.82, 2.24) is 4.90 Å². The van der Waals surface area contributed by atoms with Crippen molar-refractivity contribution in [2.24, 2.45) is 0 Å². The molecule has 6 nitrogen and oxygen atoms in total. The molecule has 0 radical (unpaired) electrons. The summed E-state index contributed by atoms with van der Waals surface area (Å²) < 4.78 is 5.50. The molecule has 0 unspecified atom stereocenters. The van der Waals surface area contributed by atoms with Crippen molar-refractivity contribution >= 4 is 17.6 Å². The van der Waals surface area contributed by atoms with Gasteiger partial charge in [0, 0.05) is 31.9 Å². The quantitative estimate of drug-likeness (QED) is 0.805. The molecule has 1 amide bonds. The minimum absolute atomic E-state index is 0.0180. The van der Waals surface area contributed by atoms with Crippen molar-refractivity contribution in [3.63, 3.8) is 0 Å².